The Labute approximate surface area is 141 Å². The number of benzene rings is 1. The predicted molar refractivity (Wildman–Crippen MR) is 91.3 cm³/mol. The van der Waals surface area contributed by atoms with Gasteiger partial charge in [0.1, 0.15) is 18.3 Å². The van der Waals surface area contributed by atoms with E-state index in [1.807, 2.05) is 31.2 Å². The Morgan fingerprint density at radius 1 is 1.38 bits per heavy atom. The smallest absolute Gasteiger partial charge is 0.341 e. The van der Waals surface area contributed by atoms with Crippen molar-refractivity contribution in [2.45, 2.75) is 26.3 Å². The van der Waals surface area contributed by atoms with E-state index in [4.69, 9.17) is 9.47 Å². The minimum Gasteiger partial charge on any atom is -0.494 e. The average Bonchev–Trinajstić information content (AvgIpc) is 2.57. The summed E-state index contributed by atoms with van der Waals surface area (Å²) in [7, 11) is 0. The highest BCUT2D eigenvalue weighted by atomic mass is 16.5. The molecule has 1 aliphatic rings. The summed E-state index contributed by atoms with van der Waals surface area (Å²) >= 11 is 0. The molecule has 0 saturated heterocycles. The van der Waals surface area contributed by atoms with E-state index in [-0.39, 0.29) is 6.61 Å². The third kappa shape index (κ3) is 4.22. The van der Waals surface area contributed by atoms with E-state index < -0.39 is 24.0 Å². The molecule has 1 aliphatic heterocycles. The average molecular weight is 330 g/mol. The standard InChI is InChI=1S/C18H22N2O4/c1-4-10-23-14-8-6-13(7-9-14)16-15(17(21)24-11-5-2)12(3)19-18(22)20-16/h5-9,15-16H,2,4,10-11H2,1,3H3,(H,20,22). The first-order valence-corrected chi connectivity index (χ1v) is 7.92. The van der Waals surface area contributed by atoms with Crippen LogP contribution in [-0.2, 0) is 9.53 Å². The van der Waals surface area contributed by atoms with Crippen molar-refractivity contribution < 1.29 is 19.1 Å². The lowest BCUT2D eigenvalue weighted by Crippen LogP contribution is -2.44. The quantitative estimate of drug-likeness (QED) is 0.616. The number of rotatable bonds is 7. The van der Waals surface area contributed by atoms with E-state index in [2.05, 4.69) is 16.9 Å². The van der Waals surface area contributed by atoms with Gasteiger partial charge in [-0.05, 0) is 31.0 Å². The highest BCUT2D eigenvalue weighted by molar-refractivity contribution is 6.08. The molecule has 1 N–H and O–H groups in total. The molecule has 0 saturated carbocycles. The zero-order valence-electron chi connectivity index (χ0n) is 14.0. The van der Waals surface area contributed by atoms with Crippen LogP contribution in [0.15, 0.2) is 41.9 Å². The summed E-state index contributed by atoms with van der Waals surface area (Å²) in [6, 6.07) is 6.34. The van der Waals surface area contributed by atoms with Crippen LogP contribution in [0.5, 0.6) is 5.75 Å². The van der Waals surface area contributed by atoms with Crippen LogP contribution in [0.25, 0.3) is 0 Å². The molecule has 0 radical (unpaired) electrons. The molecule has 1 aromatic rings. The van der Waals surface area contributed by atoms with E-state index in [9.17, 15) is 9.59 Å². The molecule has 2 amide bonds. The molecule has 0 spiro atoms. The Balaban J connectivity index is 2.23. The zero-order valence-corrected chi connectivity index (χ0v) is 14.0. The number of ether oxygens (including phenoxy) is 2. The molecule has 6 nitrogen and oxygen atoms in total. The molecule has 0 bridgehead atoms. The Kier molecular flexibility index (Phi) is 6.12. The van der Waals surface area contributed by atoms with Crippen molar-refractivity contribution in [3.8, 4) is 5.75 Å². The third-order valence-corrected chi connectivity index (χ3v) is 3.65. The van der Waals surface area contributed by atoms with Crippen molar-refractivity contribution in [1.29, 1.82) is 0 Å². The number of hydrogen-bond donors (Lipinski definition) is 1. The lowest BCUT2D eigenvalue weighted by atomic mass is 9.88. The molecule has 2 atom stereocenters. The third-order valence-electron chi connectivity index (χ3n) is 3.65. The maximum atomic E-state index is 12.3. The first-order chi connectivity index (χ1) is 11.6. The Morgan fingerprint density at radius 2 is 2.08 bits per heavy atom. The molecule has 24 heavy (non-hydrogen) atoms. The van der Waals surface area contributed by atoms with Gasteiger partial charge in [0.05, 0.1) is 12.6 Å². The summed E-state index contributed by atoms with van der Waals surface area (Å²) in [5, 5.41) is 2.74. The topological polar surface area (TPSA) is 77.0 Å². The zero-order chi connectivity index (χ0) is 17.5. The lowest BCUT2D eigenvalue weighted by molar-refractivity contribution is -0.145. The van der Waals surface area contributed by atoms with Gasteiger partial charge < -0.3 is 14.8 Å². The van der Waals surface area contributed by atoms with Gasteiger partial charge in [0.15, 0.2) is 0 Å². The number of nitrogens with one attached hydrogen (secondary N) is 1. The van der Waals surface area contributed by atoms with E-state index >= 15 is 0 Å². The number of nitrogens with zero attached hydrogens (tertiary/aromatic N) is 1. The molecular formula is C18H22N2O4. The van der Waals surface area contributed by atoms with Gasteiger partial charge >= 0.3 is 12.0 Å². The monoisotopic (exact) mass is 330 g/mol. The van der Waals surface area contributed by atoms with Gasteiger partial charge in [0.25, 0.3) is 0 Å². The van der Waals surface area contributed by atoms with Gasteiger partial charge in [0, 0.05) is 5.71 Å². The fourth-order valence-electron chi connectivity index (χ4n) is 2.52. The first-order valence-electron chi connectivity index (χ1n) is 7.92. The van der Waals surface area contributed by atoms with Crippen LogP contribution < -0.4 is 10.1 Å². The molecule has 1 heterocycles. The van der Waals surface area contributed by atoms with Crippen LogP contribution in [0.3, 0.4) is 0 Å². The maximum Gasteiger partial charge on any atom is 0.341 e. The van der Waals surface area contributed by atoms with E-state index in [1.54, 1.807) is 6.92 Å². The van der Waals surface area contributed by atoms with Crippen LogP contribution in [-0.4, -0.2) is 30.9 Å². The second kappa shape index (κ2) is 8.29. The molecule has 1 aromatic carbocycles. The highest BCUT2D eigenvalue weighted by Gasteiger charge is 2.37. The summed E-state index contributed by atoms with van der Waals surface area (Å²) in [5.41, 5.74) is 1.23. The molecule has 0 aliphatic carbocycles. The van der Waals surface area contributed by atoms with Crippen LogP contribution in [0.2, 0.25) is 0 Å². The largest absolute Gasteiger partial charge is 0.494 e. The van der Waals surface area contributed by atoms with E-state index in [0.29, 0.717) is 12.3 Å². The SMILES string of the molecule is C=CCOC(=O)C1C(C)=NC(=O)NC1c1ccc(OCCC)cc1. The normalized spacial score (nSPS) is 19.9. The van der Waals surface area contributed by atoms with Crippen molar-refractivity contribution in [2.24, 2.45) is 10.9 Å². The molecule has 6 heteroatoms. The summed E-state index contributed by atoms with van der Waals surface area (Å²) in [5.74, 6) is -0.351. The number of amides is 2. The van der Waals surface area contributed by atoms with Crippen LogP contribution >= 0.6 is 0 Å². The van der Waals surface area contributed by atoms with Crippen molar-refractivity contribution in [1.82, 2.24) is 5.32 Å². The lowest BCUT2D eigenvalue weighted by Gasteiger charge is -2.29. The molecule has 128 valence electrons. The van der Waals surface area contributed by atoms with Gasteiger partial charge in [-0.3, -0.25) is 4.79 Å². The summed E-state index contributed by atoms with van der Waals surface area (Å²) in [4.78, 5) is 27.9. The highest BCUT2D eigenvalue weighted by Crippen LogP contribution is 2.29. The fourth-order valence-corrected chi connectivity index (χ4v) is 2.52. The Hall–Kier alpha value is -2.63. The van der Waals surface area contributed by atoms with Crippen LogP contribution in [0, 0.1) is 5.92 Å². The predicted octanol–water partition coefficient (Wildman–Crippen LogP) is 3.05. The number of esters is 1. The molecule has 2 rings (SSSR count). The van der Waals surface area contributed by atoms with Gasteiger partial charge in [-0.1, -0.05) is 31.7 Å². The van der Waals surface area contributed by atoms with E-state index in [0.717, 1.165) is 17.7 Å². The summed E-state index contributed by atoms with van der Waals surface area (Å²) in [6.07, 6.45) is 2.42. The number of carbonyl (C=O) groups is 2. The second-order valence-corrected chi connectivity index (χ2v) is 5.49. The van der Waals surface area contributed by atoms with Gasteiger partial charge in [0.2, 0.25) is 0 Å². The number of urea groups is 1. The first kappa shape index (κ1) is 17.7. The number of hydrogen-bond acceptors (Lipinski definition) is 4. The molecule has 2 unspecified atom stereocenters. The van der Waals surface area contributed by atoms with Crippen LogP contribution in [0.1, 0.15) is 31.9 Å². The fraction of sp³-hybridized carbons (Fsp3) is 0.389. The van der Waals surface area contributed by atoms with Crippen molar-refractivity contribution >= 4 is 17.7 Å². The maximum absolute atomic E-state index is 12.3. The Bertz CT molecular complexity index is 637. The number of aliphatic imine (C=N–C) groups is 1. The molecular weight excluding hydrogens is 308 g/mol. The molecule has 0 fully saturated rings. The summed E-state index contributed by atoms with van der Waals surface area (Å²) in [6.45, 7) is 7.98. The van der Waals surface area contributed by atoms with Gasteiger partial charge in [-0.25, -0.2) is 9.79 Å². The Morgan fingerprint density at radius 3 is 2.71 bits per heavy atom. The van der Waals surface area contributed by atoms with Crippen molar-refractivity contribution in [3.05, 3.63) is 42.5 Å². The van der Waals surface area contributed by atoms with Crippen LogP contribution in [0.4, 0.5) is 4.79 Å². The summed E-state index contributed by atoms with van der Waals surface area (Å²) < 4.78 is 10.7. The molecule has 0 aromatic heterocycles. The van der Waals surface area contributed by atoms with Gasteiger partial charge in [-0.15, -0.1) is 0 Å². The van der Waals surface area contributed by atoms with E-state index in [1.165, 1.54) is 6.08 Å². The van der Waals surface area contributed by atoms with Crippen molar-refractivity contribution in [2.75, 3.05) is 13.2 Å². The number of carbonyl (C=O) groups excluding carboxylic acids is 2. The van der Waals surface area contributed by atoms with Crippen molar-refractivity contribution in [3.63, 3.8) is 0 Å². The van der Waals surface area contributed by atoms with Gasteiger partial charge in [-0.2, -0.15) is 0 Å². The second-order valence-electron chi connectivity index (χ2n) is 5.49. The minimum atomic E-state index is -0.662. The minimum absolute atomic E-state index is 0.118.